The number of nitrogens with zero attached hydrogens (tertiary/aromatic N) is 3. The Morgan fingerprint density at radius 1 is 0.789 bits per heavy atom. The van der Waals surface area contributed by atoms with Crippen molar-refractivity contribution in [2.24, 2.45) is 0 Å². The second kappa shape index (κ2) is 12.2. The molecule has 1 amide bonds. The standard InChI is InChI=1S/C27H32N4O5S2/c1-29-18-20-30(21-19-29)37(33,34)26-14-12-24(13-15-26)28-27(32)22-31(17-16-23-8-4-2-5-9-23)38(35,36)25-10-6-3-7-11-25/h2-15H,16-22H2,1H3,(H,28,32). The Labute approximate surface area is 224 Å². The van der Waals surface area contributed by atoms with Gasteiger partial charge >= 0.3 is 0 Å². The molecule has 0 saturated carbocycles. The maximum atomic E-state index is 13.3. The highest BCUT2D eigenvalue weighted by Crippen LogP contribution is 2.21. The van der Waals surface area contributed by atoms with Crippen molar-refractivity contribution in [3.63, 3.8) is 0 Å². The van der Waals surface area contributed by atoms with Crippen LogP contribution in [0, 0.1) is 0 Å². The minimum absolute atomic E-state index is 0.110. The van der Waals surface area contributed by atoms with Crippen molar-refractivity contribution >= 4 is 31.6 Å². The van der Waals surface area contributed by atoms with Crippen LogP contribution in [0.15, 0.2) is 94.7 Å². The van der Waals surface area contributed by atoms with Crippen LogP contribution < -0.4 is 5.32 Å². The maximum absolute atomic E-state index is 13.3. The summed E-state index contributed by atoms with van der Waals surface area (Å²) < 4.78 is 55.2. The number of likely N-dealkylation sites (N-methyl/N-ethyl adjacent to an activating group) is 1. The van der Waals surface area contributed by atoms with Gasteiger partial charge in [-0.2, -0.15) is 8.61 Å². The van der Waals surface area contributed by atoms with E-state index in [4.69, 9.17) is 0 Å². The van der Waals surface area contributed by atoms with E-state index in [1.54, 1.807) is 18.2 Å². The summed E-state index contributed by atoms with van der Waals surface area (Å²) >= 11 is 0. The van der Waals surface area contributed by atoms with Crippen LogP contribution in [-0.2, 0) is 31.3 Å². The Morgan fingerprint density at radius 2 is 1.37 bits per heavy atom. The fourth-order valence-electron chi connectivity index (χ4n) is 4.17. The molecular weight excluding hydrogens is 524 g/mol. The third kappa shape index (κ3) is 6.86. The summed E-state index contributed by atoms with van der Waals surface area (Å²) in [4.78, 5) is 15.3. The second-order valence-electron chi connectivity index (χ2n) is 9.17. The van der Waals surface area contributed by atoms with Crippen molar-refractivity contribution in [2.45, 2.75) is 16.2 Å². The molecule has 0 aliphatic carbocycles. The lowest BCUT2D eigenvalue weighted by Gasteiger charge is -2.31. The Morgan fingerprint density at radius 3 is 1.97 bits per heavy atom. The van der Waals surface area contributed by atoms with Crippen LogP contribution in [0.4, 0.5) is 5.69 Å². The molecule has 0 radical (unpaired) electrons. The average Bonchev–Trinajstić information content (AvgIpc) is 2.92. The smallest absolute Gasteiger partial charge is 0.243 e. The molecule has 0 atom stereocenters. The molecular formula is C27H32N4O5S2. The minimum Gasteiger partial charge on any atom is -0.325 e. The van der Waals surface area contributed by atoms with E-state index in [-0.39, 0.29) is 22.9 Å². The van der Waals surface area contributed by atoms with Crippen molar-refractivity contribution in [1.29, 1.82) is 0 Å². The molecule has 1 heterocycles. The first-order chi connectivity index (χ1) is 18.2. The molecule has 11 heteroatoms. The van der Waals surface area contributed by atoms with Gasteiger partial charge in [0.2, 0.25) is 26.0 Å². The number of anilines is 1. The maximum Gasteiger partial charge on any atom is 0.243 e. The van der Waals surface area contributed by atoms with Crippen LogP contribution in [0.3, 0.4) is 0 Å². The van der Waals surface area contributed by atoms with Crippen molar-refractivity contribution in [3.8, 4) is 0 Å². The van der Waals surface area contributed by atoms with Gasteiger partial charge in [0.1, 0.15) is 0 Å². The van der Waals surface area contributed by atoms with Gasteiger partial charge in [0.05, 0.1) is 16.3 Å². The van der Waals surface area contributed by atoms with Crippen LogP contribution in [0.25, 0.3) is 0 Å². The largest absolute Gasteiger partial charge is 0.325 e. The first-order valence-corrected chi connectivity index (χ1v) is 15.2. The van der Waals surface area contributed by atoms with E-state index in [0.717, 1.165) is 9.87 Å². The van der Waals surface area contributed by atoms with E-state index < -0.39 is 26.0 Å². The number of nitrogens with one attached hydrogen (secondary N) is 1. The highest BCUT2D eigenvalue weighted by molar-refractivity contribution is 7.89. The molecule has 202 valence electrons. The first kappa shape index (κ1) is 27.9. The first-order valence-electron chi connectivity index (χ1n) is 12.3. The van der Waals surface area contributed by atoms with Gasteiger partial charge in [0.15, 0.2) is 0 Å². The van der Waals surface area contributed by atoms with E-state index in [0.29, 0.717) is 38.3 Å². The Hall–Kier alpha value is -3.09. The van der Waals surface area contributed by atoms with Gasteiger partial charge in [-0.3, -0.25) is 4.79 Å². The van der Waals surface area contributed by atoms with Gasteiger partial charge in [0, 0.05) is 38.4 Å². The van der Waals surface area contributed by atoms with Gasteiger partial charge in [-0.25, -0.2) is 16.8 Å². The second-order valence-corrected chi connectivity index (χ2v) is 13.0. The Bertz CT molecular complexity index is 1420. The zero-order chi connectivity index (χ0) is 27.2. The quantitative estimate of drug-likeness (QED) is 0.411. The molecule has 3 aromatic carbocycles. The van der Waals surface area contributed by atoms with Gasteiger partial charge in [-0.15, -0.1) is 0 Å². The molecule has 4 rings (SSSR count). The monoisotopic (exact) mass is 556 g/mol. The lowest BCUT2D eigenvalue weighted by atomic mass is 10.1. The normalized spacial score (nSPS) is 15.4. The van der Waals surface area contributed by atoms with Crippen LogP contribution in [0.5, 0.6) is 0 Å². The topological polar surface area (TPSA) is 107 Å². The Kier molecular flexibility index (Phi) is 8.95. The van der Waals surface area contributed by atoms with Crippen LogP contribution in [-0.4, -0.2) is 82.6 Å². The molecule has 1 fully saturated rings. The van der Waals surface area contributed by atoms with Gasteiger partial charge in [0.25, 0.3) is 0 Å². The molecule has 1 aliphatic rings. The summed E-state index contributed by atoms with van der Waals surface area (Å²) in [7, 11) is -5.59. The van der Waals surface area contributed by atoms with Crippen LogP contribution >= 0.6 is 0 Å². The zero-order valence-corrected chi connectivity index (χ0v) is 22.9. The zero-order valence-electron chi connectivity index (χ0n) is 21.2. The SMILES string of the molecule is CN1CCN(S(=O)(=O)c2ccc(NC(=O)CN(CCc3ccccc3)S(=O)(=O)c3ccccc3)cc2)CC1. The molecule has 1 aliphatic heterocycles. The molecule has 0 bridgehead atoms. The lowest BCUT2D eigenvalue weighted by Crippen LogP contribution is -2.46. The molecule has 0 aromatic heterocycles. The number of carbonyl (C=O) groups excluding carboxylic acids is 1. The van der Waals surface area contributed by atoms with Gasteiger partial charge in [-0.05, 0) is 55.4 Å². The van der Waals surface area contributed by atoms with E-state index in [2.05, 4.69) is 10.2 Å². The number of hydrogen-bond acceptors (Lipinski definition) is 6. The number of benzene rings is 3. The fourth-order valence-corrected chi connectivity index (χ4v) is 7.01. The number of rotatable bonds is 10. The molecule has 0 unspecified atom stereocenters. The highest BCUT2D eigenvalue weighted by atomic mass is 32.2. The summed E-state index contributed by atoms with van der Waals surface area (Å²) in [6.45, 7) is 1.92. The van der Waals surface area contributed by atoms with Crippen LogP contribution in [0.1, 0.15) is 5.56 Å². The third-order valence-electron chi connectivity index (χ3n) is 6.43. The van der Waals surface area contributed by atoms with Crippen molar-refractivity contribution < 1.29 is 21.6 Å². The average molecular weight is 557 g/mol. The van der Waals surface area contributed by atoms with Crippen molar-refractivity contribution in [3.05, 3.63) is 90.5 Å². The minimum atomic E-state index is -3.92. The summed E-state index contributed by atoms with van der Waals surface area (Å²) in [5, 5.41) is 2.70. The number of piperazine rings is 1. The van der Waals surface area contributed by atoms with E-state index >= 15 is 0 Å². The number of amides is 1. The lowest BCUT2D eigenvalue weighted by molar-refractivity contribution is -0.116. The number of hydrogen-bond donors (Lipinski definition) is 1. The van der Waals surface area contributed by atoms with E-state index in [1.807, 2.05) is 37.4 Å². The van der Waals surface area contributed by atoms with Gasteiger partial charge in [-0.1, -0.05) is 48.5 Å². The molecule has 38 heavy (non-hydrogen) atoms. The van der Waals surface area contributed by atoms with Gasteiger partial charge < -0.3 is 10.2 Å². The van der Waals surface area contributed by atoms with Crippen LogP contribution in [0.2, 0.25) is 0 Å². The molecule has 0 spiro atoms. The summed E-state index contributed by atoms with van der Waals surface area (Å²) in [6, 6.07) is 23.4. The van der Waals surface area contributed by atoms with E-state index in [1.165, 1.54) is 40.7 Å². The molecule has 1 saturated heterocycles. The summed E-state index contributed by atoms with van der Waals surface area (Å²) in [5.74, 6) is -0.521. The highest BCUT2D eigenvalue weighted by Gasteiger charge is 2.28. The molecule has 1 N–H and O–H groups in total. The van der Waals surface area contributed by atoms with Crippen molar-refractivity contribution in [1.82, 2.24) is 13.5 Å². The number of sulfonamides is 2. The fraction of sp³-hybridized carbons (Fsp3) is 0.296. The molecule has 3 aromatic rings. The predicted molar refractivity (Wildman–Crippen MR) is 147 cm³/mol. The van der Waals surface area contributed by atoms with Crippen molar-refractivity contribution in [2.75, 3.05) is 51.6 Å². The third-order valence-corrected chi connectivity index (χ3v) is 10.2. The Balaban J connectivity index is 1.45. The molecule has 9 nitrogen and oxygen atoms in total. The summed E-state index contributed by atoms with van der Waals surface area (Å²) in [6.07, 6.45) is 0.443. The van der Waals surface area contributed by atoms with E-state index in [9.17, 15) is 21.6 Å². The number of carbonyl (C=O) groups is 1. The summed E-state index contributed by atoms with van der Waals surface area (Å²) in [5.41, 5.74) is 1.34. The predicted octanol–water partition coefficient (Wildman–Crippen LogP) is 2.49.